The van der Waals surface area contributed by atoms with Crippen LogP contribution in [0.5, 0.6) is 0 Å². The van der Waals surface area contributed by atoms with Crippen molar-refractivity contribution >= 4 is 12.0 Å². The van der Waals surface area contributed by atoms with Gasteiger partial charge >= 0.3 is 12.0 Å². The van der Waals surface area contributed by atoms with Gasteiger partial charge in [0.2, 0.25) is 0 Å². The van der Waals surface area contributed by atoms with Crippen LogP contribution in [0, 0.1) is 0 Å². The molecule has 0 fully saturated rings. The van der Waals surface area contributed by atoms with Crippen molar-refractivity contribution in [1.29, 1.82) is 0 Å². The average molecular weight is 280 g/mol. The predicted octanol–water partition coefficient (Wildman–Crippen LogP) is 1.56. The molecule has 0 spiro atoms. The number of carbonyl (C=O) groups excluding carboxylic acids is 1. The van der Waals surface area contributed by atoms with E-state index >= 15 is 0 Å². The number of nitrogens with zero attached hydrogens (tertiary/aromatic N) is 1. The Bertz CT molecular complexity index is 462. The number of carboxylic acid groups (broad SMARTS) is 1. The predicted molar refractivity (Wildman–Crippen MR) is 74.8 cm³/mol. The molecule has 0 unspecified atom stereocenters. The van der Waals surface area contributed by atoms with Gasteiger partial charge in [0, 0.05) is 26.7 Å². The first-order valence-electron chi connectivity index (χ1n) is 6.43. The van der Waals surface area contributed by atoms with Gasteiger partial charge in [0.25, 0.3) is 0 Å². The van der Waals surface area contributed by atoms with E-state index < -0.39 is 5.97 Å². The topological polar surface area (TPSA) is 78.9 Å². The lowest BCUT2D eigenvalue weighted by Crippen LogP contribution is -2.38. The molecule has 0 aromatic heterocycles. The number of urea groups is 1. The summed E-state index contributed by atoms with van der Waals surface area (Å²) in [7, 11) is 1.68. The van der Waals surface area contributed by atoms with Crippen molar-refractivity contribution in [2.24, 2.45) is 0 Å². The van der Waals surface area contributed by atoms with E-state index in [1.807, 2.05) is 6.92 Å². The van der Waals surface area contributed by atoms with Gasteiger partial charge in [0.15, 0.2) is 0 Å². The van der Waals surface area contributed by atoms with Crippen LogP contribution in [0.15, 0.2) is 24.3 Å². The summed E-state index contributed by atoms with van der Waals surface area (Å²) in [6.07, 6.45) is 0. The number of benzene rings is 1. The Morgan fingerprint density at radius 1 is 1.40 bits per heavy atom. The number of carboxylic acids is 1. The third kappa shape index (κ3) is 5.27. The lowest BCUT2D eigenvalue weighted by Gasteiger charge is -2.17. The third-order valence-corrected chi connectivity index (χ3v) is 2.74. The highest BCUT2D eigenvalue weighted by molar-refractivity contribution is 5.87. The van der Waals surface area contributed by atoms with E-state index in [4.69, 9.17) is 9.84 Å². The zero-order chi connectivity index (χ0) is 15.0. The number of carbonyl (C=O) groups is 2. The molecule has 0 heterocycles. The summed E-state index contributed by atoms with van der Waals surface area (Å²) >= 11 is 0. The molecule has 1 rings (SSSR count). The minimum atomic E-state index is -0.980. The molecule has 1 aromatic carbocycles. The quantitative estimate of drug-likeness (QED) is 0.743. The van der Waals surface area contributed by atoms with Gasteiger partial charge in [-0.15, -0.1) is 0 Å². The lowest BCUT2D eigenvalue weighted by molar-refractivity contribution is 0.0696. The Balaban J connectivity index is 2.44. The van der Waals surface area contributed by atoms with Crippen LogP contribution in [0.25, 0.3) is 0 Å². The minimum Gasteiger partial charge on any atom is -0.478 e. The number of ether oxygens (including phenoxy) is 1. The standard InChI is InChI=1S/C14H20N2O4/c1-3-20-8-7-16(2)14(19)15-10-11-5-4-6-12(9-11)13(17)18/h4-6,9H,3,7-8,10H2,1-2H3,(H,15,19)(H,17,18). The molecule has 0 bridgehead atoms. The fourth-order valence-corrected chi connectivity index (χ4v) is 1.57. The van der Waals surface area contributed by atoms with Crippen molar-refractivity contribution in [3.63, 3.8) is 0 Å². The first-order chi connectivity index (χ1) is 9.54. The first-order valence-corrected chi connectivity index (χ1v) is 6.43. The molecule has 6 heteroatoms. The molecule has 6 nitrogen and oxygen atoms in total. The summed E-state index contributed by atoms with van der Waals surface area (Å²) < 4.78 is 5.17. The first kappa shape index (κ1) is 16.0. The highest BCUT2D eigenvalue weighted by atomic mass is 16.5. The Morgan fingerprint density at radius 3 is 2.80 bits per heavy atom. The van der Waals surface area contributed by atoms with Crippen molar-refractivity contribution in [3.05, 3.63) is 35.4 Å². The van der Waals surface area contributed by atoms with E-state index in [0.717, 1.165) is 5.56 Å². The van der Waals surface area contributed by atoms with Crippen LogP contribution in [-0.4, -0.2) is 48.8 Å². The van der Waals surface area contributed by atoms with Crippen LogP contribution in [0.2, 0.25) is 0 Å². The maximum absolute atomic E-state index is 11.8. The van der Waals surface area contributed by atoms with Gasteiger partial charge in [-0.1, -0.05) is 12.1 Å². The normalized spacial score (nSPS) is 10.1. The van der Waals surface area contributed by atoms with Crippen molar-refractivity contribution in [1.82, 2.24) is 10.2 Å². The molecule has 110 valence electrons. The summed E-state index contributed by atoms with van der Waals surface area (Å²) in [6, 6.07) is 6.27. The van der Waals surface area contributed by atoms with Crippen LogP contribution in [0.1, 0.15) is 22.8 Å². The largest absolute Gasteiger partial charge is 0.478 e. The van der Waals surface area contributed by atoms with Gasteiger partial charge in [0.1, 0.15) is 0 Å². The molecule has 2 N–H and O–H groups in total. The summed E-state index contributed by atoms with van der Waals surface area (Å²) in [5.41, 5.74) is 0.956. The molecule has 1 aromatic rings. The van der Waals surface area contributed by atoms with E-state index in [1.54, 1.807) is 25.2 Å². The Hall–Kier alpha value is -2.08. The number of hydrogen-bond acceptors (Lipinski definition) is 3. The number of rotatable bonds is 7. The highest BCUT2D eigenvalue weighted by Crippen LogP contribution is 2.05. The molecule has 0 saturated carbocycles. The zero-order valence-electron chi connectivity index (χ0n) is 11.8. The second-order valence-electron chi connectivity index (χ2n) is 4.28. The van der Waals surface area contributed by atoms with Crippen molar-refractivity contribution in [2.75, 3.05) is 26.8 Å². The number of aromatic carboxylic acids is 1. The molecule has 0 aliphatic rings. The molecular formula is C14H20N2O4. The maximum atomic E-state index is 11.8. The smallest absolute Gasteiger partial charge is 0.335 e. The van der Waals surface area contributed by atoms with E-state index in [0.29, 0.717) is 26.3 Å². The fourth-order valence-electron chi connectivity index (χ4n) is 1.57. The molecule has 0 saturated heterocycles. The highest BCUT2D eigenvalue weighted by Gasteiger charge is 2.08. The Morgan fingerprint density at radius 2 is 2.15 bits per heavy atom. The molecule has 0 atom stereocenters. The van der Waals surface area contributed by atoms with E-state index in [9.17, 15) is 9.59 Å². The number of amides is 2. The molecular weight excluding hydrogens is 260 g/mol. The molecule has 0 aliphatic heterocycles. The summed E-state index contributed by atoms with van der Waals surface area (Å²) in [6.45, 7) is 3.82. The molecule has 2 amide bonds. The van der Waals surface area contributed by atoms with Gasteiger partial charge in [0.05, 0.1) is 12.2 Å². The van der Waals surface area contributed by atoms with E-state index in [1.165, 1.54) is 11.0 Å². The Kier molecular flexibility index (Phi) is 6.52. The van der Waals surface area contributed by atoms with Crippen molar-refractivity contribution < 1.29 is 19.4 Å². The van der Waals surface area contributed by atoms with Gasteiger partial charge in [-0.2, -0.15) is 0 Å². The second-order valence-corrected chi connectivity index (χ2v) is 4.28. The third-order valence-electron chi connectivity index (χ3n) is 2.74. The summed E-state index contributed by atoms with van der Waals surface area (Å²) in [5.74, 6) is -0.980. The summed E-state index contributed by atoms with van der Waals surface area (Å²) in [5, 5.41) is 11.6. The lowest BCUT2D eigenvalue weighted by atomic mass is 10.1. The second kappa shape index (κ2) is 8.16. The average Bonchev–Trinajstić information content (AvgIpc) is 2.45. The Labute approximate surface area is 118 Å². The van der Waals surface area contributed by atoms with Crippen LogP contribution >= 0.6 is 0 Å². The number of nitrogens with one attached hydrogen (secondary N) is 1. The number of hydrogen-bond donors (Lipinski definition) is 2. The van der Waals surface area contributed by atoms with Crippen molar-refractivity contribution in [3.8, 4) is 0 Å². The monoisotopic (exact) mass is 280 g/mol. The van der Waals surface area contributed by atoms with Crippen LogP contribution < -0.4 is 5.32 Å². The van der Waals surface area contributed by atoms with Crippen LogP contribution in [-0.2, 0) is 11.3 Å². The SMILES string of the molecule is CCOCCN(C)C(=O)NCc1cccc(C(=O)O)c1. The van der Waals surface area contributed by atoms with Gasteiger partial charge in [-0.3, -0.25) is 0 Å². The van der Waals surface area contributed by atoms with Crippen LogP contribution in [0.3, 0.4) is 0 Å². The fraction of sp³-hybridized carbons (Fsp3) is 0.429. The molecule has 20 heavy (non-hydrogen) atoms. The number of likely N-dealkylation sites (N-methyl/N-ethyl adjacent to an activating group) is 1. The van der Waals surface area contributed by atoms with Gasteiger partial charge < -0.3 is 20.1 Å². The minimum absolute atomic E-state index is 0.210. The maximum Gasteiger partial charge on any atom is 0.335 e. The van der Waals surface area contributed by atoms with Gasteiger partial charge in [-0.05, 0) is 24.6 Å². The zero-order valence-corrected chi connectivity index (χ0v) is 11.8. The molecule has 0 radical (unpaired) electrons. The van der Waals surface area contributed by atoms with E-state index in [2.05, 4.69) is 5.32 Å². The van der Waals surface area contributed by atoms with Crippen molar-refractivity contribution in [2.45, 2.75) is 13.5 Å². The van der Waals surface area contributed by atoms with Crippen LogP contribution in [0.4, 0.5) is 4.79 Å². The molecule has 0 aliphatic carbocycles. The van der Waals surface area contributed by atoms with Gasteiger partial charge in [-0.25, -0.2) is 9.59 Å². The summed E-state index contributed by atoms with van der Waals surface area (Å²) in [4.78, 5) is 24.1. The van der Waals surface area contributed by atoms with E-state index in [-0.39, 0.29) is 11.6 Å².